The number of aromatic nitrogens is 2. The number of hydrogen-bond donors (Lipinski definition) is 3. The molecule has 3 N–H and O–H groups in total. The molecule has 0 radical (unpaired) electrons. The van der Waals surface area contributed by atoms with Gasteiger partial charge in [-0.15, -0.1) is 0 Å². The van der Waals surface area contributed by atoms with E-state index in [4.69, 9.17) is 0 Å². The molecule has 1 aromatic heterocycles. The number of aryl methyl sites for hydroxylation is 1. The van der Waals surface area contributed by atoms with Crippen molar-refractivity contribution in [1.82, 2.24) is 15.5 Å². The van der Waals surface area contributed by atoms with E-state index in [0.717, 1.165) is 30.8 Å². The molecule has 2 heterocycles. The van der Waals surface area contributed by atoms with Crippen LogP contribution in [0.3, 0.4) is 0 Å². The summed E-state index contributed by atoms with van der Waals surface area (Å²) in [6.45, 7) is 1.56. The molecule has 1 aliphatic heterocycles. The summed E-state index contributed by atoms with van der Waals surface area (Å²) in [5.41, 5.74) is 3.32. The van der Waals surface area contributed by atoms with Gasteiger partial charge < -0.3 is 10.6 Å². The Morgan fingerprint density at radius 3 is 2.95 bits per heavy atom. The van der Waals surface area contributed by atoms with Gasteiger partial charge in [-0.05, 0) is 12.0 Å². The van der Waals surface area contributed by atoms with Crippen LogP contribution in [0.4, 0.5) is 5.82 Å². The van der Waals surface area contributed by atoms with Crippen LogP contribution in [0.2, 0.25) is 0 Å². The molecule has 0 aliphatic carbocycles. The van der Waals surface area contributed by atoms with E-state index in [-0.39, 0.29) is 5.91 Å². The Hall–Kier alpha value is -2.14. The van der Waals surface area contributed by atoms with Crippen LogP contribution in [-0.2, 0) is 24.3 Å². The van der Waals surface area contributed by atoms with E-state index in [1.54, 1.807) is 0 Å². The van der Waals surface area contributed by atoms with E-state index in [1.807, 2.05) is 30.3 Å². The summed E-state index contributed by atoms with van der Waals surface area (Å²) < 4.78 is 0. The van der Waals surface area contributed by atoms with Crippen LogP contribution in [-0.4, -0.2) is 16.1 Å². The van der Waals surface area contributed by atoms with E-state index in [9.17, 15) is 4.79 Å². The summed E-state index contributed by atoms with van der Waals surface area (Å²) >= 11 is 0. The van der Waals surface area contributed by atoms with Gasteiger partial charge in [0.05, 0.1) is 5.69 Å². The van der Waals surface area contributed by atoms with Gasteiger partial charge in [-0.25, -0.2) is 0 Å². The lowest BCUT2D eigenvalue weighted by molar-refractivity contribution is -0.116. The fraction of sp³-hybridized carbons (Fsp3) is 0.286. The first-order chi connectivity index (χ1) is 9.33. The highest BCUT2D eigenvalue weighted by Crippen LogP contribution is 2.20. The molecule has 0 bridgehead atoms. The second-order valence-corrected chi connectivity index (χ2v) is 4.67. The highest BCUT2D eigenvalue weighted by atomic mass is 16.1. The van der Waals surface area contributed by atoms with Gasteiger partial charge >= 0.3 is 0 Å². The van der Waals surface area contributed by atoms with Gasteiger partial charge in [0.1, 0.15) is 0 Å². The van der Waals surface area contributed by atoms with Crippen molar-refractivity contribution in [2.45, 2.75) is 25.9 Å². The maximum Gasteiger partial charge on any atom is 0.225 e. The number of benzene rings is 1. The van der Waals surface area contributed by atoms with Crippen molar-refractivity contribution in [3.05, 3.63) is 47.2 Å². The quantitative estimate of drug-likeness (QED) is 0.778. The lowest BCUT2D eigenvalue weighted by Crippen LogP contribution is -2.14. The average molecular weight is 256 g/mol. The van der Waals surface area contributed by atoms with Crippen LogP contribution in [0.15, 0.2) is 30.3 Å². The molecule has 3 rings (SSSR count). The van der Waals surface area contributed by atoms with Crippen LogP contribution in [0, 0.1) is 0 Å². The normalized spacial score (nSPS) is 13.3. The molecule has 0 saturated heterocycles. The molecule has 1 aromatic carbocycles. The second kappa shape index (κ2) is 5.24. The number of carbonyl (C=O) groups excluding carboxylic acids is 1. The third kappa shape index (κ3) is 2.66. The molecule has 5 heteroatoms. The third-order valence-electron chi connectivity index (χ3n) is 3.30. The van der Waals surface area contributed by atoms with Crippen molar-refractivity contribution >= 4 is 11.7 Å². The fourth-order valence-corrected chi connectivity index (χ4v) is 2.25. The summed E-state index contributed by atoms with van der Waals surface area (Å²) in [4.78, 5) is 11.9. The number of H-pyrrole nitrogens is 1. The Balaban J connectivity index is 1.57. The third-order valence-corrected chi connectivity index (χ3v) is 3.30. The first kappa shape index (κ1) is 11.9. The number of nitrogens with one attached hydrogen (secondary N) is 3. The molecular weight excluding hydrogens is 240 g/mol. The number of carbonyl (C=O) groups is 1. The predicted molar refractivity (Wildman–Crippen MR) is 72.5 cm³/mol. The first-order valence-electron chi connectivity index (χ1n) is 6.43. The molecule has 5 nitrogen and oxygen atoms in total. The van der Waals surface area contributed by atoms with Gasteiger partial charge in [0.15, 0.2) is 5.82 Å². The van der Waals surface area contributed by atoms with Crippen molar-refractivity contribution < 1.29 is 4.79 Å². The number of nitrogens with zero attached hydrogens (tertiary/aromatic N) is 1. The first-order valence-corrected chi connectivity index (χ1v) is 6.43. The lowest BCUT2D eigenvalue weighted by Gasteiger charge is -2.04. The number of amides is 1. The number of rotatable bonds is 4. The Labute approximate surface area is 111 Å². The number of hydrogen-bond acceptors (Lipinski definition) is 3. The van der Waals surface area contributed by atoms with Gasteiger partial charge in [0.25, 0.3) is 0 Å². The minimum absolute atomic E-state index is 0.00468. The zero-order valence-corrected chi connectivity index (χ0v) is 10.6. The monoisotopic (exact) mass is 256 g/mol. The molecule has 0 atom stereocenters. The van der Waals surface area contributed by atoms with Gasteiger partial charge in [0, 0.05) is 25.1 Å². The molecule has 0 spiro atoms. The smallest absolute Gasteiger partial charge is 0.225 e. The van der Waals surface area contributed by atoms with E-state index < -0.39 is 0 Å². The van der Waals surface area contributed by atoms with Crippen molar-refractivity contribution in [3.63, 3.8) is 0 Å². The van der Waals surface area contributed by atoms with E-state index in [1.165, 1.54) is 5.56 Å². The van der Waals surface area contributed by atoms with E-state index >= 15 is 0 Å². The predicted octanol–water partition coefficient (Wildman–Crippen LogP) is 1.58. The standard InChI is InChI=1S/C14H16N4O/c19-13(7-6-10-4-2-1-3-5-10)16-14-11-8-15-9-12(11)17-18-14/h1-5,15H,6-9H2,(H2,16,17,18,19). The van der Waals surface area contributed by atoms with E-state index in [2.05, 4.69) is 20.8 Å². The van der Waals surface area contributed by atoms with Gasteiger partial charge in [-0.3, -0.25) is 9.89 Å². The summed E-state index contributed by atoms with van der Waals surface area (Å²) in [6, 6.07) is 10.0. The second-order valence-electron chi connectivity index (χ2n) is 4.67. The van der Waals surface area contributed by atoms with E-state index in [0.29, 0.717) is 12.2 Å². The van der Waals surface area contributed by atoms with Gasteiger partial charge in [0.2, 0.25) is 5.91 Å². The molecule has 98 valence electrons. The molecule has 0 fully saturated rings. The zero-order valence-electron chi connectivity index (χ0n) is 10.6. The molecule has 1 aliphatic rings. The highest BCUT2D eigenvalue weighted by Gasteiger charge is 2.19. The van der Waals surface area contributed by atoms with Crippen molar-refractivity contribution in [1.29, 1.82) is 0 Å². The van der Waals surface area contributed by atoms with Crippen molar-refractivity contribution in [3.8, 4) is 0 Å². The van der Waals surface area contributed by atoms with Crippen LogP contribution in [0.25, 0.3) is 0 Å². The van der Waals surface area contributed by atoms with Crippen LogP contribution >= 0.6 is 0 Å². The van der Waals surface area contributed by atoms with Crippen LogP contribution in [0.1, 0.15) is 23.2 Å². The number of fused-ring (bicyclic) bond motifs is 1. The number of anilines is 1. The topological polar surface area (TPSA) is 69.8 Å². The minimum atomic E-state index is 0.00468. The summed E-state index contributed by atoms with van der Waals surface area (Å²) in [5, 5.41) is 13.2. The van der Waals surface area contributed by atoms with Crippen LogP contribution < -0.4 is 10.6 Å². The zero-order chi connectivity index (χ0) is 13.1. The molecule has 19 heavy (non-hydrogen) atoms. The SMILES string of the molecule is O=C(CCc1ccccc1)Nc1n[nH]c2c1CNC2. The molecule has 0 saturated carbocycles. The van der Waals surface area contributed by atoms with Crippen molar-refractivity contribution in [2.24, 2.45) is 0 Å². The fourth-order valence-electron chi connectivity index (χ4n) is 2.25. The maximum absolute atomic E-state index is 11.9. The Bertz CT molecular complexity index is 576. The lowest BCUT2D eigenvalue weighted by atomic mass is 10.1. The Morgan fingerprint density at radius 2 is 2.11 bits per heavy atom. The maximum atomic E-state index is 11.9. The molecule has 2 aromatic rings. The molecular formula is C14H16N4O. The highest BCUT2D eigenvalue weighted by molar-refractivity contribution is 5.90. The summed E-state index contributed by atoms with van der Waals surface area (Å²) in [5.74, 6) is 0.670. The minimum Gasteiger partial charge on any atom is -0.309 e. The molecule has 0 unspecified atom stereocenters. The Kier molecular flexibility index (Phi) is 3.29. The van der Waals surface area contributed by atoms with Crippen LogP contribution in [0.5, 0.6) is 0 Å². The number of aromatic amines is 1. The Morgan fingerprint density at radius 1 is 1.26 bits per heavy atom. The van der Waals surface area contributed by atoms with Crippen molar-refractivity contribution in [2.75, 3.05) is 5.32 Å². The summed E-state index contributed by atoms with van der Waals surface area (Å²) in [6.07, 6.45) is 1.22. The van der Waals surface area contributed by atoms with Gasteiger partial charge in [-0.2, -0.15) is 5.10 Å². The van der Waals surface area contributed by atoms with Gasteiger partial charge in [-0.1, -0.05) is 30.3 Å². The molecule has 1 amide bonds. The average Bonchev–Trinajstić information content (AvgIpc) is 3.03. The summed E-state index contributed by atoms with van der Waals surface area (Å²) in [7, 11) is 0. The largest absolute Gasteiger partial charge is 0.309 e.